The van der Waals surface area contributed by atoms with Crippen molar-refractivity contribution in [3.8, 4) is 0 Å². The fourth-order valence-electron chi connectivity index (χ4n) is 3.39. The number of amides is 4. The smallest absolute Gasteiger partial charge is 0.333 e. The predicted molar refractivity (Wildman–Crippen MR) is 131 cm³/mol. The number of likely N-dealkylation sites (N-methyl/N-ethyl adjacent to an activating group) is 2. The maximum atomic E-state index is 12.4. The molecule has 33 heavy (non-hydrogen) atoms. The Kier molecular flexibility index (Phi) is 6.34. The molecule has 1 fully saturated rings. The van der Waals surface area contributed by atoms with Crippen LogP contribution in [0.4, 0.5) is 21.3 Å². The molecule has 1 saturated heterocycles. The second-order valence-electron chi connectivity index (χ2n) is 7.27. The predicted octanol–water partition coefficient (Wildman–Crippen LogP) is 5.05. The number of hydrogen-bond acceptors (Lipinski definition) is 9. The number of carbonyl (C=O) groups is 3. The molecular weight excluding hydrogens is 460 g/mol. The lowest BCUT2D eigenvalue weighted by Crippen LogP contribution is -2.52. The van der Waals surface area contributed by atoms with Crippen LogP contribution in [-0.4, -0.2) is 59.8 Å². The van der Waals surface area contributed by atoms with E-state index in [1.165, 1.54) is 42.8 Å². The van der Waals surface area contributed by atoms with Crippen LogP contribution >= 0.6 is 22.7 Å². The minimum Gasteiger partial charge on any atom is -0.372 e. The summed E-state index contributed by atoms with van der Waals surface area (Å²) in [5.74, 6) is -1.23. The molecule has 1 aliphatic rings. The molecule has 2 aromatic heterocycles. The van der Waals surface area contributed by atoms with Gasteiger partial charge in [-0.05, 0) is 50.3 Å². The maximum absolute atomic E-state index is 12.4. The van der Waals surface area contributed by atoms with E-state index >= 15 is 0 Å². The molecule has 0 spiro atoms. The van der Waals surface area contributed by atoms with Crippen molar-refractivity contribution in [3.63, 3.8) is 0 Å². The van der Waals surface area contributed by atoms with Crippen molar-refractivity contribution < 1.29 is 14.4 Å². The minimum absolute atomic E-state index is 0.0541. The second-order valence-corrected chi connectivity index (χ2v) is 9.34. The van der Waals surface area contributed by atoms with Gasteiger partial charge in [0.25, 0.3) is 11.8 Å². The van der Waals surface area contributed by atoms with Crippen LogP contribution in [0.1, 0.15) is 18.7 Å². The molecule has 3 aromatic rings. The quantitative estimate of drug-likeness (QED) is 0.278. The molecule has 4 amide bonds. The Bertz CT molecular complexity index is 1230. The van der Waals surface area contributed by atoms with E-state index in [-0.39, 0.29) is 5.57 Å². The Hall–Kier alpha value is -3.44. The van der Waals surface area contributed by atoms with Crippen molar-refractivity contribution in [2.45, 2.75) is 13.8 Å². The van der Waals surface area contributed by atoms with E-state index in [2.05, 4.69) is 34.0 Å². The van der Waals surface area contributed by atoms with Crippen LogP contribution in [-0.2, 0) is 9.59 Å². The number of rotatable bonds is 6. The van der Waals surface area contributed by atoms with Crippen LogP contribution in [0.3, 0.4) is 0 Å². The summed E-state index contributed by atoms with van der Waals surface area (Å²) in [5, 5.41) is 9.05. The summed E-state index contributed by atoms with van der Waals surface area (Å²) in [7, 11) is 2.70. The van der Waals surface area contributed by atoms with Gasteiger partial charge in [0, 0.05) is 37.7 Å². The normalized spacial score (nSPS) is 14.8. The molecule has 0 saturated carbocycles. The van der Waals surface area contributed by atoms with Crippen LogP contribution in [0.15, 0.2) is 46.1 Å². The zero-order valence-corrected chi connectivity index (χ0v) is 20.2. The lowest BCUT2D eigenvalue weighted by atomic mass is 10.1. The Balaban J connectivity index is 1.52. The van der Waals surface area contributed by atoms with E-state index in [9.17, 15) is 14.4 Å². The molecule has 170 valence electrons. The maximum Gasteiger partial charge on any atom is 0.333 e. The monoisotopic (exact) mass is 482 g/mol. The number of nitrogens with zero attached hydrogens (tertiary/aromatic N) is 6. The highest BCUT2D eigenvalue weighted by atomic mass is 32.1. The number of fused-ring (bicyclic) bond motifs is 1. The summed E-state index contributed by atoms with van der Waals surface area (Å²) in [6, 6.07) is 9.10. The van der Waals surface area contributed by atoms with Crippen LogP contribution in [0.2, 0.25) is 0 Å². The third kappa shape index (κ3) is 4.41. The fourth-order valence-corrected chi connectivity index (χ4v) is 5.38. The van der Waals surface area contributed by atoms with Crippen LogP contribution in [0, 0.1) is 0 Å². The van der Waals surface area contributed by atoms with Gasteiger partial charge in [0.05, 0.1) is 10.4 Å². The van der Waals surface area contributed by atoms with Crippen molar-refractivity contribution in [2.24, 2.45) is 10.2 Å². The molecule has 0 unspecified atom stereocenters. The van der Waals surface area contributed by atoms with Gasteiger partial charge < -0.3 is 4.90 Å². The molecule has 9 nitrogen and oxygen atoms in total. The number of anilines is 1. The summed E-state index contributed by atoms with van der Waals surface area (Å²) >= 11 is 2.71. The van der Waals surface area contributed by atoms with Crippen molar-refractivity contribution in [2.75, 3.05) is 32.1 Å². The third-order valence-electron chi connectivity index (χ3n) is 5.26. The van der Waals surface area contributed by atoms with Crippen LogP contribution in [0.5, 0.6) is 0 Å². The topological polar surface area (TPSA) is 98.5 Å². The number of thiazole rings is 1. The average Bonchev–Trinajstić information content (AvgIpc) is 3.38. The summed E-state index contributed by atoms with van der Waals surface area (Å²) in [6.45, 7) is 6.13. The fraction of sp³-hybridized carbons (Fsp3) is 0.273. The van der Waals surface area contributed by atoms with Crippen molar-refractivity contribution >= 4 is 72.6 Å². The first-order chi connectivity index (χ1) is 15.8. The molecule has 3 heterocycles. The van der Waals surface area contributed by atoms with Gasteiger partial charge in [-0.2, -0.15) is 0 Å². The molecule has 1 aromatic carbocycles. The van der Waals surface area contributed by atoms with E-state index in [0.717, 1.165) is 43.8 Å². The van der Waals surface area contributed by atoms with Crippen molar-refractivity contribution in [1.82, 2.24) is 14.8 Å². The Morgan fingerprint density at radius 2 is 1.61 bits per heavy atom. The summed E-state index contributed by atoms with van der Waals surface area (Å²) in [4.78, 5) is 46.6. The number of thiophene rings is 1. The third-order valence-corrected chi connectivity index (χ3v) is 7.25. The van der Waals surface area contributed by atoms with Crippen LogP contribution < -0.4 is 4.90 Å². The Morgan fingerprint density at radius 1 is 0.970 bits per heavy atom. The number of azo groups is 1. The van der Waals surface area contributed by atoms with Gasteiger partial charge in [0.15, 0.2) is 0 Å². The minimum atomic E-state index is -0.645. The number of aromatic nitrogens is 1. The standard InChI is InChI=1S/C22H22N6O3S2/c1-5-28(6-2)14-9-7-13(8-10-14)24-25-21-23-18-17(33-21)12-15(32-18)11-16-19(29)26(3)22(31)27(4)20(16)30/h7-12H,5-6H2,1-4H3. The summed E-state index contributed by atoms with van der Waals surface area (Å²) < 4.78 is 0.881. The molecule has 1 aliphatic heterocycles. The zero-order chi connectivity index (χ0) is 23.7. The summed E-state index contributed by atoms with van der Waals surface area (Å²) in [6.07, 6.45) is 1.50. The SMILES string of the molecule is CCN(CC)c1ccc(N=Nc2nc3sc(C=C4C(=O)N(C)C(=O)N(C)C4=O)cc3s2)cc1. The molecule has 0 atom stereocenters. The molecule has 0 radical (unpaired) electrons. The first kappa shape index (κ1) is 22.7. The molecular formula is C22H22N6O3S2. The molecule has 4 rings (SSSR count). The number of urea groups is 1. The van der Waals surface area contributed by atoms with Gasteiger partial charge >= 0.3 is 6.03 Å². The van der Waals surface area contributed by atoms with Gasteiger partial charge in [0.2, 0.25) is 5.13 Å². The Morgan fingerprint density at radius 3 is 2.18 bits per heavy atom. The lowest BCUT2D eigenvalue weighted by molar-refractivity contribution is -0.134. The van der Waals surface area contributed by atoms with E-state index in [1.54, 1.807) is 0 Å². The van der Waals surface area contributed by atoms with Gasteiger partial charge in [-0.3, -0.25) is 19.4 Å². The lowest BCUT2D eigenvalue weighted by Gasteiger charge is -2.28. The highest BCUT2D eigenvalue weighted by Gasteiger charge is 2.37. The first-order valence-corrected chi connectivity index (χ1v) is 11.9. The number of benzene rings is 1. The molecule has 0 N–H and O–H groups in total. The van der Waals surface area contributed by atoms with Gasteiger partial charge in [-0.15, -0.1) is 21.6 Å². The second kappa shape index (κ2) is 9.20. The number of barbiturate groups is 1. The van der Waals surface area contributed by atoms with Gasteiger partial charge in [-0.1, -0.05) is 11.3 Å². The van der Waals surface area contributed by atoms with E-state index < -0.39 is 17.8 Å². The molecule has 0 aliphatic carbocycles. The number of hydrogen-bond donors (Lipinski definition) is 0. The van der Waals surface area contributed by atoms with E-state index in [4.69, 9.17) is 0 Å². The summed E-state index contributed by atoms with van der Waals surface area (Å²) in [5.41, 5.74) is 1.83. The van der Waals surface area contributed by atoms with E-state index in [1.807, 2.05) is 30.3 Å². The molecule has 0 bridgehead atoms. The zero-order valence-electron chi connectivity index (χ0n) is 18.6. The highest BCUT2D eigenvalue weighted by Crippen LogP contribution is 2.36. The van der Waals surface area contributed by atoms with Crippen molar-refractivity contribution in [1.29, 1.82) is 0 Å². The Labute approximate surface area is 198 Å². The van der Waals surface area contributed by atoms with Gasteiger partial charge in [0.1, 0.15) is 10.4 Å². The number of carbonyl (C=O) groups excluding carboxylic acids is 3. The highest BCUT2D eigenvalue weighted by molar-refractivity contribution is 7.29. The van der Waals surface area contributed by atoms with Crippen LogP contribution in [0.25, 0.3) is 15.6 Å². The average molecular weight is 483 g/mol. The number of imide groups is 2. The first-order valence-electron chi connectivity index (χ1n) is 10.3. The largest absolute Gasteiger partial charge is 0.372 e. The van der Waals surface area contributed by atoms with E-state index in [0.29, 0.717) is 10.0 Å². The molecule has 11 heteroatoms. The van der Waals surface area contributed by atoms with Crippen molar-refractivity contribution in [3.05, 3.63) is 40.8 Å². The van der Waals surface area contributed by atoms with Gasteiger partial charge in [-0.25, -0.2) is 9.78 Å².